The highest BCUT2D eigenvalue weighted by atomic mass is 32.2. The van der Waals surface area contributed by atoms with Crippen molar-refractivity contribution < 1.29 is 4.92 Å². The van der Waals surface area contributed by atoms with Crippen LogP contribution < -0.4 is 0 Å². The maximum absolute atomic E-state index is 10.3. The van der Waals surface area contributed by atoms with Crippen LogP contribution in [0, 0.1) is 10.1 Å². The van der Waals surface area contributed by atoms with Gasteiger partial charge in [0.2, 0.25) is 0 Å². The van der Waals surface area contributed by atoms with Crippen molar-refractivity contribution in [2.45, 2.75) is 6.42 Å². The third-order valence-corrected chi connectivity index (χ3v) is 2.85. The van der Waals surface area contributed by atoms with E-state index in [0.29, 0.717) is 6.54 Å². The van der Waals surface area contributed by atoms with Crippen molar-refractivity contribution in [1.29, 1.82) is 0 Å². The second-order valence-electron chi connectivity index (χ2n) is 2.69. The molecule has 0 bridgehead atoms. The van der Waals surface area contributed by atoms with Gasteiger partial charge in [-0.25, -0.2) is 0 Å². The molecule has 0 spiro atoms. The van der Waals surface area contributed by atoms with E-state index in [1.54, 1.807) is 6.08 Å². The second-order valence-corrected chi connectivity index (χ2v) is 3.80. The van der Waals surface area contributed by atoms with E-state index in [-0.39, 0.29) is 0 Å². The fourth-order valence-corrected chi connectivity index (χ4v) is 2.17. The van der Waals surface area contributed by atoms with Crippen LogP contribution in [-0.4, -0.2) is 28.7 Å². The first-order chi connectivity index (χ1) is 6.24. The van der Waals surface area contributed by atoms with Crippen LogP contribution in [0.5, 0.6) is 0 Å². The Labute approximate surface area is 81.4 Å². The molecule has 0 amide bonds. The van der Waals surface area contributed by atoms with Crippen molar-refractivity contribution in [3.63, 3.8) is 0 Å². The maximum Gasteiger partial charge on any atom is 0.264 e. The first-order valence-corrected chi connectivity index (χ1v) is 5.06. The minimum Gasteiger partial charge on any atom is -0.358 e. The molecule has 0 aliphatic carbocycles. The van der Waals surface area contributed by atoms with Gasteiger partial charge in [0.05, 0.1) is 4.92 Å². The molecule has 0 aromatic carbocycles. The lowest BCUT2D eigenvalue weighted by atomic mass is 10.4. The molecule has 0 radical (unpaired) electrons. The molecule has 1 saturated heterocycles. The summed E-state index contributed by atoms with van der Waals surface area (Å²) in [6, 6.07) is 0. The van der Waals surface area contributed by atoms with Crippen LogP contribution in [0.25, 0.3) is 0 Å². The predicted octanol–water partition coefficient (Wildman–Crippen LogP) is 1.69. The lowest BCUT2D eigenvalue weighted by Gasteiger charge is -2.27. The summed E-state index contributed by atoms with van der Waals surface area (Å²) in [6.07, 6.45) is 3.92. The number of nitro groups is 1. The Hall–Kier alpha value is -0.970. The number of hydrogen-bond acceptors (Lipinski definition) is 4. The molecule has 0 aromatic heterocycles. The lowest BCUT2D eigenvalue weighted by molar-refractivity contribution is -0.403. The molecule has 0 aromatic rings. The van der Waals surface area contributed by atoms with E-state index < -0.39 is 4.92 Å². The fourth-order valence-electron chi connectivity index (χ4n) is 1.18. The Morgan fingerprint density at radius 3 is 3.15 bits per heavy atom. The molecular weight excluding hydrogens is 188 g/mol. The molecular formula is C8H12N2O2S. The third-order valence-electron chi connectivity index (χ3n) is 1.70. The molecule has 1 rings (SSSR count). The third kappa shape index (κ3) is 3.10. The van der Waals surface area contributed by atoms with Crippen molar-refractivity contribution >= 4 is 11.8 Å². The zero-order chi connectivity index (χ0) is 9.68. The molecule has 4 nitrogen and oxygen atoms in total. The monoisotopic (exact) mass is 200 g/mol. The smallest absolute Gasteiger partial charge is 0.264 e. The van der Waals surface area contributed by atoms with Gasteiger partial charge in [-0.1, -0.05) is 6.08 Å². The van der Waals surface area contributed by atoms with Crippen molar-refractivity contribution in [3.8, 4) is 0 Å². The van der Waals surface area contributed by atoms with Gasteiger partial charge in [-0.05, 0) is 6.42 Å². The topological polar surface area (TPSA) is 46.4 Å². The predicted molar refractivity (Wildman–Crippen MR) is 53.9 cm³/mol. The van der Waals surface area contributed by atoms with Crippen LogP contribution in [0.1, 0.15) is 6.42 Å². The first-order valence-electron chi connectivity index (χ1n) is 4.08. The molecule has 72 valence electrons. The van der Waals surface area contributed by atoms with Gasteiger partial charge in [-0.3, -0.25) is 10.1 Å². The molecule has 0 saturated carbocycles. The van der Waals surface area contributed by atoms with E-state index in [0.717, 1.165) is 29.9 Å². The summed E-state index contributed by atoms with van der Waals surface area (Å²) in [5.41, 5.74) is 0. The summed E-state index contributed by atoms with van der Waals surface area (Å²) in [5.74, 6) is 0.966. The quantitative estimate of drug-likeness (QED) is 0.395. The number of rotatable bonds is 3. The average molecular weight is 200 g/mol. The first kappa shape index (κ1) is 10.1. The molecule has 5 heteroatoms. The Kier molecular flexibility index (Phi) is 3.82. The zero-order valence-electron chi connectivity index (χ0n) is 7.31. The van der Waals surface area contributed by atoms with Gasteiger partial charge in [-0.2, -0.15) is 0 Å². The molecule has 0 atom stereocenters. The highest BCUT2D eigenvalue weighted by Gasteiger charge is 2.16. The summed E-state index contributed by atoms with van der Waals surface area (Å²) in [7, 11) is 0. The van der Waals surface area contributed by atoms with E-state index in [1.807, 2.05) is 4.90 Å². The zero-order valence-corrected chi connectivity index (χ0v) is 8.13. The van der Waals surface area contributed by atoms with E-state index in [9.17, 15) is 10.1 Å². The maximum atomic E-state index is 10.3. The van der Waals surface area contributed by atoms with Gasteiger partial charge in [-0.15, -0.1) is 18.3 Å². The van der Waals surface area contributed by atoms with Crippen LogP contribution in [0.4, 0.5) is 0 Å². The molecule has 1 aliphatic rings. The normalized spacial score (nSPS) is 20.3. The summed E-state index contributed by atoms with van der Waals surface area (Å²) >= 11 is 1.54. The minimum absolute atomic E-state index is 0.399. The Morgan fingerprint density at radius 2 is 2.54 bits per heavy atom. The van der Waals surface area contributed by atoms with Crippen LogP contribution in [0.3, 0.4) is 0 Å². The SMILES string of the molecule is C=CCN1CCCSC1=C[N+](=O)[O-]. The van der Waals surface area contributed by atoms with Gasteiger partial charge in [0.25, 0.3) is 6.20 Å². The van der Waals surface area contributed by atoms with E-state index in [2.05, 4.69) is 6.58 Å². The highest BCUT2D eigenvalue weighted by molar-refractivity contribution is 8.03. The molecule has 0 unspecified atom stereocenters. The van der Waals surface area contributed by atoms with E-state index in [4.69, 9.17) is 0 Å². The van der Waals surface area contributed by atoms with Gasteiger partial charge < -0.3 is 4.90 Å². The largest absolute Gasteiger partial charge is 0.358 e. The summed E-state index contributed by atoms with van der Waals surface area (Å²) in [5, 5.41) is 11.0. The van der Waals surface area contributed by atoms with Crippen molar-refractivity contribution in [2.75, 3.05) is 18.8 Å². The number of thioether (sulfide) groups is 1. The van der Waals surface area contributed by atoms with E-state index in [1.165, 1.54) is 11.8 Å². The number of hydrogen-bond donors (Lipinski definition) is 0. The molecule has 1 fully saturated rings. The second kappa shape index (κ2) is 4.91. The van der Waals surface area contributed by atoms with Crippen molar-refractivity contribution in [1.82, 2.24) is 4.90 Å². The Bertz CT molecular complexity index is 240. The summed E-state index contributed by atoms with van der Waals surface area (Å²) in [6.45, 7) is 5.20. The molecule has 13 heavy (non-hydrogen) atoms. The van der Waals surface area contributed by atoms with E-state index >= 15 is 0 Å². The lowest BCUT2D eigenvalue weighted by Crippen LogP contribution is -2.27. The number of nitrogens with zero attached hydrogens (tertiary/aromatic N) is 2. The van der Waals surface area contributed by atoms with Gasteiger partial charge in [0.15, 0.2) is 0 Å². The standard InChI is InChI=1S/C8H12N2O2S/c1-2-4-9-5-3-6-13-8(9)7-10(11)12/h2,7H,1,3-6H2. The van der Waals surface area contributed by atoms with Crippen molar-refractivity contribution in [3.05, 3.63) is 34.0 Å². The van der Waals surface area contributed by atoms with Crippen LogP contribution in [0.2, 0.25) is 0 Å². The molecule has 0 N–H and O–H groups in total. The Balaban J connectivity index is 2.66. The van der Waals surface area contributed by atoms with Crippen LogP contribution in [0.15, 0.2) is 23.9 Å². The van der Waals surface area contributed by atoms with Gasteiger partial charge in [0, 0.05) is 18.8 Å². The highest BCUT2D eigenvalue weighted by Crippen LogP contribution is 2.26. The molecule has 1 heterocycles. The molecule has 1 aliphatic heterocycles. The minimum atomic E-state index is -0.399. The van der Waals surface area contributed by atoms with Gasteiger partial charge in [0.1, 0.15) is 5.03 Å². The average Bonchev–Trinajstić information content (AvgIpc) is 2.08. The van der Waals surface area contributed by atoms with Gasteiger partial charge >= 0.3 is 0 Å². The summed E-state index contributed by atoms with van der Waals surface area (Å²) < 4.78 is 0. The van der Waals surface area contributed by atoms with Crippen molar-refractivity contribution in [2.24, 2.45) is 0 Å². The van der Waals surface area contributed by atoms with Crippen LogP contribution >= 0.6 is 11.8 Å². The van der Waals surface area contributed by atoms with Crippen LogP contribution in [-0.2, 0) is 0 Å². The fraction of sp³-hybridized carbons (Fsp3) is 0.500. The summed E-state index contributed by atoms with van der Waals surface area (Å²) in [4.78, 5) is 11.9. The Morgan fingerprint density at radius 1 is 1.77 bits per heavy atom.